The van der Waals surface area contributed by atoms with Crippen molar-refractivity contribution in [1.29, 1.82) is 0 Å². The van der Waals surface area contributed by atoms with Gasteiger partial charge in [-0.1, -0.05) is 29.5 Å². The number of hydrogen-bond donors (Lipinski definition) is 1. The summed E-state index contributed by atoms with van der Waals surface area (Å²) >= 11 is 0. The van der Waals surface area contributed by atoms with Gasteiger partial charge in [0.25, 0.3) is 5.56 Å². The van der Waals surface area contributed by atoms with Gasteiger partial charge in [0.2, 0.25) is 5.91 Å². The molecule has 36 heavy (non-hydrogen) atoms. The average molecular weight is 491 g/mol. The topological polar surface area (TPSA) is 106 Å². The molecule has 9 nitrogen and oxygen atoms in total. The van der Waals surface area contributed by atoms with E-state index in [1.165, 1.54) is 12.1 Å². The lowest BCUT2D eigenvalue weighted by molar-refractivity contribution is -0.131. The van der Waals surface area contributed by atoms with Crippen LogP contribution >= 0.6 is 0 Å². The number of nitrogens with one attached hydrogen (secondary N) is 1. The van der Waals surface area contributed by atoms with E-state index in [0.29, 0.717) is 57.0 Å². The number of ether oxygens (including phenoxy) is 1. The summed E-state index contributed by atoms with van der Waals surface area (Å²) in [7, 11) is 0. The number of carbonyl (C=O) groups is 1. The zero-order valence-corrected chi connectivity index (χ0v) is 20.0. The van der Waals surface area contributed by atoms with Gasteiger partial charge in [0, 0.05) is 19.0 Å². The van der Waals surface area contributed by atoms with Crippen LogP contribution < -0.4 is 10.3 Å². The van der Waals surface area contributed by atoms with Gasteiger partial charge in [0.05, 0.1) is 19.6 Å². The molecule has 1 N–H and O–H groups in total. The van der Waals surface area contributed by atoms with Crippen molar-refractivity contribution >= 4 is 17.1 Å². The first-order valence-corrected chi connectivity index (χ1v) is 12.1. The Morgan fingerprint density at radius 2 is 1.78 bits per heavy atom. The molecule has 1 aliphatic heterocycles. The number of carbonyl (C=O) groups excluding carboxylic acids is 1. The Morgan fingerprint density at radius 1 is 1.08 bits per heavy atom. The standard InChI is InChI=1S/C26H27FN6O3/c1-2-36-21-9-5-17(6-10-21)15-22(34)32-13-11-19(12-14-32)24-28-25-23(26(35)29-24)30-31-33(25)16-18-3-7-20(27)8-4-18/h3-10,19H,2,11-16H2,1H3,(H,28,29,35). The smallest absolute Gasteiger partial charge is 0.281 e. The second-order valence-corrected chi connectivity index (χ2v) is 8.91. The monoisotopic (exact) mass is 490 g/mol. The molecule has 0 spiro atoms. The van der Waals surface area contributed by atoms with Gasteiger partial charge in [-0.05, 0) is 55.2 Å². The van der Waals surface area contributed by atoms with Crippen molar-refractivity contribution in [2.24, 2.45) is 0 Å². The largest absolute Gasteiger partial charge is 0.494 e. The van der Waals surface area contributed by atoms with Gasteiger partial charge in [-0.3, -0.25) is 9.59 Å². The van der Waals surface area contributed by atoms with Gasteiger partial charge in [-0.2, -0.15) is 0 Å². The molecule has 1 amide bonds. The highest BCUT2D eigenvalue weighted by atomic mass is 19.1. The highest BCUT2D eigenvalue weighted by molar-refractivity contribution is 5.79. The molecule has 0 atom stereocenters. The van der Waals surface area contributed by atoms with E-state index < -0.39 is 0 Å². The van der Waals surface area contributed by atoms with Crippen LogP contribution in [0.25, 0.3) is 11.2 Å². The highest BCUT2D eigenvalue weighted by Gasteiger charge is 2.26. The van der Waals surface area contributed by atoms with Gasteiger partial charge in [-0.15, -0.1) is 5.10 Å². The second kappa shape index (κ2) is 10.3. The Bertz CT molecular complexity index is 1410. The van der Waals surface area contributed by atoms with Gasteiger partial charge in [-0.25, -0.2) is 14.1 Å². The van der Waals surface area contributed by atoms with E-state index in [4.69, 9.17) is 4.74 Å². The third kappa shape index (κ3) is 5.12. The maximum absolute atomic E-state index is 13.2. The summed E-state index contributed by atoms with van der Waals surface area (Å²) in [6, 6.07) is 13.7. The number of rotatable bonds is 7. The van der Waals surface area contributed by atoms with Gasteiger partial charge in [0.1, 0.15) is 17.4 Å². The molecule has 0 bridgehead atoms. The van der Waals surface area contributed by atoms with Crippen molar-refractivity contribution < 1.29 is 13.9 Å². The van der Waals surface area contributed by atoms with Crippen molar-refractivity contribution in [2.75, 3.05) is 19.7 Å². The SMILES string of the molecule is CCOc1ccc(CC(=O)N2CCC(c3nc4c(nnn4Cc4ccc(F)cc4)c(=O)[nH]3)CC2)cc1. The molecule has 0 unspecified atom stereocenters. The minimum atomic E-state index is -0.339. The molecule has 4 aromatic rings. The summed E-state index contributed by atoms with van der Waals surface area (Å²) in [5, 5.41) is 8.06. The summed E-state index contributed by atoms with van der Waals surface area (Å²) in [5.74, 6) is 1.15. The number of aromatic nitrogens is 5. The van der Waals surface area contributed by atoms with Crippen molar-refractivity contribution in [3.8, 4) is 5.75 Å². The number of nitrogens with zero attached hydrogens (tertiary/aromatic N) is 5. The average Bonchev–Trinajstić information content (AvgIpc) is 3.30. The summed E-state index contributed by atoms with van der Waals surface area (Å²) in [6.07, 6.45) is 1.73. The number of fused-ring (bicyclic) bond motifs is 1. The minimum absolute atomic E-state index is 0.0193. The molecule has 1 saturated heterocycles. The molecule has 0 radical (unpaired) electrons. The highest BCUT2D eigenvalue weighted by Crippen LogP contribution is 2.26. The van der Waals surface area contributed by atoms with Crippen LogP contribution in [0.15, 0.2) is 53.3 Å². The van der Waals surface area contributed by atoms with Crippen LogP contribution in [0.5, 0.6) is 5.75 Å². The second-order valence-electron chi connectivity index (χ2n) is 8.91. The zero-order valence-electron chi connectivity index (χ0n) is 20.0. The summed E-state index contributed by atoms with van der Waals surface area (Å²) in [6.45, 7) is 4.05. The lowest BCUT2D eigenvalue weighted by Crippen LogP contribution is -2.39. The molecule has 5 rings (SSSR count). The third-order valence-corrected chi connectivity index (χ3v) is 6.46. The number of halogens is 1. The number of hydrogen-bond acceptors (Lipinski definition) is 6. The number of aromatic amines is 1. The van der Waals surface area contributed by atoms with Crippen LogP contribution in [0, 0.1) is 5.82 Å². The van der Waals surface area contributed by atoms with Crippen molar-refractivity contribution in [3.05, 3.63) is 81.7 Å². The van der Waals surface area contributed by atoms with E-state index in [2.05, 4.69) is 20.3 Å². The molecule has 186 valence electrons. The molecule has 1 fully saturated rings. The Kier molecular flexibility index (Phi) is 6.75. The van der Waals surface area contributed by atoms with E-state index in [1.54, 1.807) is 16.8 Å². The number of piperidine rings is 1. The summed E-state index contributed by atoms with van der Waals surface area (Å²) in [5.41, 5.74) is 2.00. The third-order valence-electron chi connectivity index (χ3n) is 6.46. The van der Waals surface area contributed by atoms with Crippen LogP contribution in [0.4, 0.5) is 4.39 Å². The minimum Gasteiger partial charge on any atom is -0.494 e. The van der Waals surface area contributed by atoms with E-state index in [0.717, 1.165) is 16.9 Å². The molecular weight excluding hydrogens is 463 g/mol. The van der Waals surface area contributed by atoms with Gasteiger partial charge in [0.15, 0.2) is 11.2 Å². The van der Waals surface area contributed by atoms with E-state index in [9.17, 15) is 14.0 Å². The summed E-state index contributed by atoms with van der Waals surface area (Å²) in [4.78, 5) is 34.9. The van der Waals surface area contributed by atoms with Crippen LogP contribution in [-0.4, -0.2) is 55.5 Å². The van der Waals surface area contributed by atoms with Crippen molar-refractivity contribution in [3.63, 3.8) is 0 Å². The van der Waals surface area contributed by atoms with E-state index in [-0.39, 0.29) is 28.7 Å². The molecule has 10 heteroatoms. The number of likely N-dealkylation sites (tertiary alicyclic amines) is 1. The van der Waals surface area contributed by atoms with Crippen molar-refractivity contribution in [2.45, 2.75) is 38.6 Å². The van der Waals surface area contributed by atoms with Crippen LogP contribution in [0.1, 0.15) is 42.6 Å². The quantitative estimate of drug-likeness (QED) is 0.427. The lowest BCUT2D eigenvalue weighted by Gasteiger charge is -2.31. The number of benzene rings is 2. The first-order valence-electron chi connectivity index (χ1n) is 12.1. The molecule has 2 aromatic carbocycles. The van der Waals surface area contributed by atoms with Crippen molar-refractivity contribution in [1.82, 2.24) is 29.9 Å². The first kappa shape index (κ1) is 23.7. The van der Waals surface area contributed by atoms with E-state index >= 15 is 0 Å². The maximum atomic E-state index is 13.2. The van der Waals surface area contributed by atoms with Crippen LogP contribution in [-0.2, 0) is 17.8 Å². The van der Waals surface area contributed by atoms with Gasteiger partial charge >= 0.3 is 0 Å². The molecule has 1 aliphatic rings. The maximum Gasteiger partial charge on any atom is 0.281 e. The first-order chi connectivity index (χ1) is 17.5. The van der Waals surface area contributed by atoms with E-state index in [1.807, 2.05) is 36.1 Å². The zero-order chi connectivity index (χ0) is 25.1. The lowest BCUT2D eigenvalue weighted by atomic mass is 9.95. The molecule has 2 aromatic heterocycles. The Morgan fingerprint density at radius 3 is 2.47 bits per heavy atom. The predicted octanol–water partition coefficient (Wildman–Crippen LogP) is 3.05. The molecular formula is C26H27FN6O3. The fourth-order valence-corrected chi connectivity index (χ4v) is 4.50. The molecule has 3 heterocycles. The Labute approximate surface area is 206 Å². The number of H-pyrrole nitrogens is 1. The predicted molar refractivity (Wildman–Crippen MR) is 131 cm³/mol. The molecule has 0 saturated carbocycles. The fraction of sp³-hybridized carbons (Fsp3) is 0.346. The van der Waals surface area contributed by atoms with Crippen LogP contribution in [0.2, 0.25) is 0 Å². The fourth-order valence-electron chi connectivity index (χ4n) is 4.50. The van der Waals surface area contributed by atoms with Gasteiger partial charge < -0.3 is 14.6 Å². The normalized spacial score (nSPS) is 14.3. The Hall–Kier alpha value is -4.08. The Balaban J connectivity index is 1.25. The summed E-state index contributed by atoms with van der Waals surface area (Å²) < 4.78 is 20.2. The number of amides is 1. The molecule has 0 aliphatic carbocycles. The van der Waals surface area contributed by atoms with Crippen LogP contribution in [0.3, 0.4) is 0 Å².